The predicted molar refractivity (Wildman–Crippen MR) is 89.5 cm³/mol. The molecular weight excluding hydrogens is 292 g/mol. The minimum atomic E-state index is -0.117. The number of ether oxygens (including phenoxy) is 1. The third-order valence-electron chi connectivity index (χ3n) is 3.42. The monoisotopic (exact) mass is 312 g/mol. The maximum absolute atomic E-state index is 12.1. The van der Waals surface area contributed by atoms with E-state index in [0.717, 1.165) is 11.1 Å². The second-order valence-corrected chi connectivity index (χ2v) is 5.08. The number of carbonyl (C=O) groups excluding carboxylic acids is 2. The Morgan fingerprint density at radius 3 is 2.30 bits per heavy atom. The summed E-state index contributed by atoms with van der Waals surface area (Å²) in [5.41, 5.74) is 2.43. The first-order valence-corrected chi connectivity index (χ1v) is 7.33. The molecule has 0 heterocycles. The summed E-state index contributed by atoms with van der Waals surface area (Å²) in [6, 6.07) is 14.7. The fourth-order valence-corrected chi connectivity index (χ4v) is 2.21. The van der Waals surface area contributed by atoms with Crippen molar-refractivity contribution in [2.24, 2.45) is 0 Å². The number of likely N-dealkylation sites (N-methyl/N-ethyl adjacent to an activating group) is 1. The third kappa shape index (κ3) is 4.85. The lowest BCUT2D eigenvalue weighted by Gasteiger charge is -2.09. The molecule has 0 aliphatic heterocycles. The Hall–Kier alpha value is -2.82. The quantitative estimate of drug-likeness (QED) is 0.859. The van der Waals surface area contributed by atoms with Gasteiger partial charge in [-0.15, -0.1) is 0 Å². The smallest absolute Gasteiger partial charge is 0.228 e. The molecule has 120 valence electrons. The van der Waals surface area contributed by atoms with Gasteiger partial charge in [-0.2, -0.15) is 0 Å². The Kier molecular flexibility index (Phi) is 5.74. The minimum Gasteiger partial charge on any atom is -0.496 e. The number of hydrogen-bond acceptors (Lipinski definition) is 3. The number of benzene rings is 2. The fourth-order valence-electron chi connectivity index (χ4n) is 2.21. The van der Waals surface area contributed by atoms with Crippen LogP contribution >= 0.6 is 0 Å². The van der Waals surface area contributed by atoms with Crippen molar-refractivity contribution in [3.63, 3.8) is 0 Å². The summed E-state index contributed by atoms with van der Waals surface area (Å²) in [6.07, 6.45) is 0.565. The van der Waals surface area contributed by atoms with E-state index in [1.807, 2.05) is 36.4 Å². The van der Waals surface area contributed by atoms with Crippen molar-refractivity contribution in [2.75, 3.05) is 19.5 Å². The van der Waals surface area contributed by atoms with Crippen LogP contribution in [0.25, 0.3) is 0 Å². The van der Waals surface area contributed by atoms with E-state index in [1.54, 1.807) is 26.3 Å². The van der Waals surface area contributed by atoms with Crippen LogP contribution in [0.5, 0.6) is 5.75 Å². The van der Waals surface area contributed by atoms with E-state index in [2.05, 4.69) is 10.6 Å². The van der Waals surface area contributed by atoms with Gasteiger partial charge in [0, 0.05) is 18.3 Å². The van der Waals surface area contributed by atoms with Crippen LogP contribution < -0.4 is 15.4 Å². The first-order chi connectivity index (χ1) is 11.1. The molecule has 23 heavy (non-hydrogen) atoms. The van der Waals surface area contributed by atoms with Crippen LogP contribution in [-0.2, 0) is 22.4 Å². The van der Waals surface area contributed by atoms with Crippen LogP contribution in [-0.4, -0.2) is 26.0 Å². The van der Waals surface area contributed by atoms with E-state index in [9.17, 15) is 9.59 Å². The van der Waals surface area contributed by atoms with Gasteiger partial charge < -0.3 is 15.4 Å². The highest BCUT2D eigenvalue weighted by Gasteiger charge is 2.08. The molecule has 0 atom stereocenters. The SMILES string of the molecule is CNC(=O)Cc1ccc(NC(=O)Cc2ccccc2OC)cc1. The molecule has 0 aromatic heterocycles. The van der Waals surface area contributed by atoms with Gasteiger partial charge in [0.25, 0.3) is 0 Å². The van der Waals surface area contributed by atoms with Crippen LogP contribution in [0.1, 0.15) is 11.1 Å². The van der Waals surface area contributed by atoms with Gasteiger partial charge >= 0.3 is 0 Å². The van der Waals surface area contributed by atoms with E-state index < -0.39 is 0 Å². The fraction of sp³-hybridized carbons (Fsp3) is 0.222. The molecular formula is C18H20N2O3. The summed E-state index contributed by atoms with van der Waals surface area (Å²) in [4.78, 5) is 23.4. The van der Waals surface area contributed by atoms with Gasteiger partial charge in [-0.05, 0) is 23.8 Å². The van der Waals surface area contributed by atoms with Crippen molar-refractivity contribution in [3.8, 4) is 5.75 Å². The molecule has 0 unspecified atom stereocenters. The van der Waals surface area contributed by atoms with Gasteiger partial charge in [0.2, 0.25) is 11.8 Å². The first-order valence-electron chi connectivity index (χ1n) is 7.33. The second kappa shape index (κ2) is 7.98. The lowest BCUT2D eigenvalue weighted by atomic mass is 10.1. The zero-order valence-corrected chi connectivity index (χ0v) is 13.3. The molecule has 0 aliphatic carbocycles. The average Bonchev–Trinajstić information content (AvgIpc) is 2.57. The summed E-state index contributed by atoms with van der Waals surface area (Å²) >= 11 is 0. The first kappa shape index (κ1) is 16.5. The van der Waals surface area contributed by atoms with Crippen molar-refractivity contribution in [1.82, 2.24) is 5.32 Å². The number of anilines is 1. The largest absolute Gasteiger partial charge is 0.496 e. The van der Waals surface area contributed by atoms with Crippen LogP contribution in [0.2, 0.25) is 0 Å². The van der Waals surface area contributed by atoms with E-state index in [4.69, 9.17) is 4.74 Å². The zero-order valence-electron chi connectivity index (χ0n) is 13.3. The van der Waals surface area contributed by atoms with E-state index in [-0.39, 0.29) is 18.2 Å². The number of rotatable bonds is 6. The predicted octanol–water partition coefficient (Wildman–Crippen LogP) is 2.16. The van der Waals surface area contributed by atoms with Gasteiger partial charge in [-0.1, -0.05) is 30.3 Å². The van der Waals surface area contributed by atoms with Crippen LogP contribution in [0.15, 0.2) is 48.5 Å². The molecule has 0 radical (unpaired) electrons. The zero-order chi connectivity index (χ0) is 16.7. The summed E-state index contributed by atoms with van der Waals surface area (Å²) in [5.74, 6) is 0.537. The number of amides is 2. The second-order valence-electron chi connectivity index (χ2n) is 5.08. The number of nitrogens with one attached hydrogen (secondary N) is 2. The van der Waals surface area contributed by atoms with Crippen LogP contribution in [0, 0.1) is 0 Å². The Morgan fingerprint density at radius 1 is 0.957 bits per heavy atom. The molecule has 2 N–H and O–H groups in total. The Labute approximate surface area is 135 Å². The van der Waals surface area contributed by atoms with Crippen molar-refractivity contribution in [1.29, 1.82) is 0 Å². The van der Waals surface area contributed by atoms with Crippen molar-refractivity contribution in [2.45, 2.75) is 12.8 Å². The number of carbonyl (C=O) groups is 2. The molecule has 0 saturated heterocycles. The number of methoxy groups -OCH3 is 1. The summed E-state index contributed by atoms with van der Waals surface area (Å²) in [7, 11) is 3.19. The van der Waals surface area contributed by atoms with Gasteiger partial charge in [-0.25, -0.2) is 0 Å². The van der Waals surface area contributed by atoms with E-state index in [1.165, 1.54) is 0 Å². The topological polar surface area (TPSA) is 67.4 Å². The van der Waals surface area contributed by atoms with E-state index >= 15 is 0 Å². The third-order valence-corrected chi connectivity index (χ3v) is 3.42. The van der Waals surface area contributed by atoms with Crippen molar-refractivity contribution < 1.29 is 14.3 Å². The minimum absolute atomic E-state index is 0.0436. The molecule has 0 fully saturated rings. The Bertz CT molecular complexity index is 681. The van der Waals surface area contributed by atoms with Gasteiger partial charge in [-0.3, -0.25) is 9.59 Å². The Balaban J connectivity index is 1.96. The Morgan fingerprint density at radius 2 is 1.65 bits per heavy atom. The molecule has 2 aromatic rings. The molecule has 0 spiro atoms. The molecule has 2 aromatic carbocycles. The molecule has 2 amide bonds. The van der Waals surface area contributed by atoms with Gasteiger partial charge in [0.1, 0.15) is 5.75 Å². The van der Waals surface area contributed by atoms with Crippen LogP contribution in [0.3, 0.4) is 0 Å². The van der Waals surface area contributed by atoms with Crippen molar-refractivity contribution >= 4 is 17.5 Å². The highest BCUT2D eigenvalue weighted by atomic mass is 16.5. The maximum atomic E-state index is 12.1. The van der Waals surface area contributed by atoms with Crippen molar-refractivity contribution in [3.05, 3.63) is 59.7 Å². The number of hydrogen-bond donors (Lipinski definition) is 2. The lowest BCUT2D eigenvalue weighted by Crippen LogP contribution is -2.20. The summed E-state index contributed by atoms with van der Waals surface area (Å²) in [6.45, 7) is 0. The summed E-state index contributed by atoms with van der Waals surface area (Å²) < 4.78 is 5.24. The van der Waals surface area contributed by atoms with Crippen LogP contribution in [0.4, 0.5) is 5.69 Å². The summed E-state index contributed by atoms with van der Waals surface area (Å²) in [5, 5.41) is 5.42. The molecule has 5 heteroatoms. The maximum Gasteiger partial charge on any atom is 0.228 e. The molecule has 2 rings (SSSR count). The standard InChI is InChI=1S/C18H20N2O3/c1-19-17(21)11-13-7-9-15(10-8-13)20-18(22)12-14-5-3-4-6-16(14)23-2/h3-10H,11-12H2,1-2H3,(H,19,21)(H,20,22). The van der Waals surface area contributed by atoms with Gasteiger partial charge in [0.05, 0.1) is 20.0 Å². The molecule has 0 bridgehead atoms. The normalized spacial score (nSPS) is 10.0. The van der Waals surface area contributed by atoms with E-state index in [0.29, 0.717) is 17.9 Å². The lowest BCUT2D eigenvalue weighted by molar-refractivity contribution is -0.120. The highest BCUT2D eigenvalue weighted by Crippen LogP contribution is 2.18. The highest BCUT2D eigenvalue weighted by molar-refractivity contribution is 5.92. The van der Waals surface area contributed by atoms with Gasteiger partial charge in [0.15, 0.2) is 0 Å². The molecule has 5 nitrogen and oxygen atoms in total. The molecule has 0 aliphatic rings. The number of para-hydroxylation sites is 1. The molecule has 0 saturated carbocycles. The average molecular weight is 312 g/mol.